The molecule has 1 aliphatic heterocycles. The number of nitrogens with zero attached hydrogens (tertiary/aromatic N) is 1. The number of amides is 1. The van der Waals surface area contributed by atoms with Gasteiger partial charge in [-0.15, -0.1) is 0 Å². The normalized spacial score (nSPS) is 29.2. The highest BCUT2D eigenvalue weighted by molar-refractivity contribution is 5.69. The molecule has 0 aromatic carbocycles. The van der Waals surface area contributed by atoms with Crippen LogP contribution in [0.15, 0.2) is 0 Å². The molecule has 0 bridgehead atoms. The lowest BCUT2D eigenvalue weighted by Gasteiger charge is -2.32. The summed E-state index contributed by atoms with van der Waals surface area (Å²) in [6, 6.07) is -0.0384. The van der Waals surface area contributed by atoms with Gasteiger partial charge in [0, 0.05) is 6.04 Å². The number of carbonyl (C=O) groups is 1. The maximum atomic E-state index is 12.1. The topological polar surface area (TPSA) is 59.0 Å². The smallest absolute Gasteiger partial charge is 0.410 e. The van der Waals surface area contributed by atoms with Gasteiger partial charge in [0.2, 0.25) is 0 Å². The molecule has 1 aliphatic carbocycles. The highest BCUT2D eigenvalue weighted by atomic mass is 16.6. The third kappa shape index (κ3) is 3.10. The molecule has 1 saturated heterocycles. The van der Waals surface area contributed by atoms with Crippen LogP contribution in [0.5, 0.6) is 0 Å². The number of hydrogen-bond acceptors (Lipinski definition) is 4. The molecule has 5 nitrogen and oxygen atoms in total. The minimum absolute atomic E-state index is 0.214. The first kappa shape index (κ1) is 12.6. The summed E-state index contributed by atoms with van der Waals surface area (Å²) < 4.78 is 10.6. The fraction of sp³-hybridized carbons (Fsp3) is 0.917. The Labute approximate surface area is 102 Å². The molecule has 0 aromatic rings. The van der Waals surface area contributed by atoms with E-state index < -0.39 is 11.7 Å². The molecular weight excluding hydrogens is 222 g/mol. The first-order chi connectivity index (χ1) is 7.88. The second-order valence-corrected chi connectivity index (χ2v) is 5.79. The van der Waals surface area contributed by atoms with Gasteiger partial charge in [-0.2, -0.15) is 0 Å². The maximum absolute atomic E-state index is 12.1. The van der Waals surface area contributed by atoms with Crippen molar-refractivity contribution in [1.82, 2.24) is 4.90 Å². The molecule has 2 rings (SSSR count). The van der Waals surface area contributed by atoms with Gasteiger partial charge in [-0.05, 0) is 33.6 Å². The van der Waals surface area contributed by atoms with E-state index in [2.05, 4.69) is 0 Å². The molecule has 0 unspecified atom stereocenters. The zero-order valence-corrected chi connectivity index (χ0v) is 10.7. The number of rotatable bonds is 2. The van der Waals surface area contributed by atoms with Crippen molar-refractivity contribution in [2.75, 3.05) is 13.2 Å². The molecule has 1 N–H and O–H groups in total. The van der Waals surface area contributed by atoms with Gasteiger partial charge in [0.25, 0.3) is 0 Å². The van der Waals surface area contributed by atoms with Gasteiger partial charge in [-0.1, -0.05) is 0 Å². The third-order valence-corrected chi connectivity index (χ3v) is 2.92. The summed E-state index contributed by atoms with van der Waals surface area (Å²) in [6.45, 7) is 6.24. The molecule has 98 valence electrons. The van der Waals surface area contributed by atoms with Crippen LogP contribution < -0.4 is 0 Å². The van der Waals surface area contributed by atoms with Crippen molar-refractivity contribution in [1.29, 1.82) is 0 Å². The van der Waals surface area contributed by atoms with E-state index in [1.807, 2.05) is 20.8 Å². The molecule has 5 heteroatoms. The minimum Gasteiger partial charge on any atom is -0.444 e. The number of aliphatic hydroxyl groups is 1. The van der Waals surface area contributed by atoms with Gasteiger partial charge in [-0.25, -0.2) is 4.79 Å². The number of aliphatic hydroxyl groups excluding tert-OH is 1. The summed E-state index contributed by atoms with van der Waals surface area (Å²) in [6.07, 6.45) is 1.04. The summed E-state index contributed by atoms with van der Waals surface area (Å²) in [5.41, 5.74) is -0.505. The van der Waals surface area contributed by atoms with E-state index in [1.54, 1.807) is 4.90 Å². The van der Waals surface area contributed by atoms with Crippen LogP contribution in [0.1, 0.15) is 33.6 Å². The largest absolute Gasteiger partial charge is 0.444 e. The van der Waals surface area contributed by atoms with Crippen molar-refractivity contribution in [2.24, 2.45) is 0 Å². The van der Waals surface area contributed by atoms with E-state index in [4.69, 9.17) is 9.47 Å². The Morgan fingerprint density at radius 2 is 2.00 bits per heavy atom. The first-order valence-electron chi connectivity index (χ1n) is 6.15. The molecule has 0 radical (unpaired) electrons. The summed E-state index contributed by atoms with van der Waals surface area (Å²) in [5.74, 6) is 0. The van der Waals surface area contributed by atoms with Crippen molar-refractivity contribution < 1.29 is 19.4 Å². The van der Waals surface area contributed by atoms with Crippen molar-refractivity contribution in [2.45, 2.75) is 57.4 Å². The van der Waals surface area contributed by atoms with Gasteiger partial charge < -0.3 is 14.6 Å². The zero-order chi connectivity index (χ0) is 12.6. The van der Waals surface area contributed by atoms with E-state index in [0.29, 0.717) is 13.2 Å². The van der Waals surface area contributed by atoms with Crippen molar-refractivity contribution in [3.05, 3.63) is 0 Å². The highest BCUT2D eigenvalue weighted by Crippen LogP contribution is 2.32. The Bertz CT molecular complexity index is 295. The van der Waals surface area contributed by atoms with Crippen LogP contribution in [-0.2, 0) is 9.47 Å². The summed E-state index contributed by atoms with van der Waals surface area (Å²) in [4.78, 5) is 13.8. The number of ether oxygens (including phenoxy) is 2. The Kier molecular flexibility index (Phi) is 3.32. The van der Waals surface area contributed by atoms with Gasteiger partial charge in [-0.3, -0.25) is 4.90 Å². The minimum atomic E-state index is -0.594. The molecule has 2 fully saturated rings. The predicted molar refractivity (Wildman–Crippen MR) is 61.7 cm³/mol. The third-order valence-electron chi connectivity index (χ3n) is 2.92. The van der Waals surface area contributed by atoms with Crippen LogP contribution >= 0.6 is 0 Å². The number of carbonyl (C=O) groups excluding carboxylic acids is 1. The van der Waals surface area contributed by atoms with Crippen LogP contribution in [0.4, 0.5) is 4.79 Å². The maximum Gasteiger partial charge on any atom is 0.410 e. The summed E-state index contributed by atoms with van der Waals surface area (Å²) >= 11 is 0. The second kappa shape index (κ2) is 4.46. The molecule has 2 atom stereocenters. The van der Waals surface area contributed by atoms with E-state index in [9.17, 15) is 9.90 Å². The average molecular weight is 243 g/mol. The lowest BCUT2D eigenvalue weighted by molar-refractivity contribution is 0.00101. The Hall–Kier alpha value is -0.810. The van der Waals surface area contributed by atoms with Crippen LogP contribution in [0.3, 0.4) is 0 Å². The predicted octanol–water partition coefficient (Wildman–Crippen LogP) is 1.15. The molecule has 2 aliphatic rings. The van der Waals surface area contributed by atoms with Gasteiger partial charge in [0.05, 0.1) is 19.3 Å². The number of hydrogen-bond donors (Lipinski definition) is 1. The van der Waals surface area contributed by atoms with Crippen LogP contribution in [-0.4, -0.2) is 53.1 Å². The van der Waals surface area contributed by atoms with Crippen molar-refractivity contribution >= 4 is 6.09 Å². The summed E-state index contributed by atoms with van der Waals surface area (Å²) in [7, 11) is 0. The van der Waals surface area contributed by atoms with Crippen molar-refractivity contribution in [3.63, 3.8) is 0 Å². The standard InChI is InChI=1S/C12H21NO4/c1-12(2,3)17-11(15)13(8-4-5-8)9-6-16-7-10(9)14/h8-10,14H,4-7H2,1-3H3/t9-,10-/m1/s1. The molecule has 0 aromatic heterocycles. The monoisotopic (exact) mass is 243 g/mol. The van der Waals surface area contributed by atoms with Gasteiger partial charge in [0.1, 0.15) is 11.7 Å². The van der Waals surface area contributed by atoms with Crippen LogP contribution in [0.25, 0.3) is 0 Å². The van der Waals surface area contributed by atoms with Crippen molar-refractivity contribution in [3.8, 4) is 0 Å². The van der Waals surface area contributed by atoms with Gasteiger partial charge >= 0.3 is 6.09 Å². The molecule has 17 heavy (non-hydrogen) atoms. The molecule has 0 spiro atoms. The Morgan fingerprint density at radius 1 is 1.35 bits per heavy atom. The van der Waals surface area contributed by atoms with E-state index in [0.717, 1.165) is 12.8 Å². The fourth-order valence-electron chi connectivity index (χ4n) is 2.02. The zero-order valence-electron chi connectivity index (χ0n) is 10.7. The van der Waals surface area contributed by atoms with Crippen LogP contribution in [0, 0.1) is 0 Å². The van der Waals surface area contributed by atoms with E-state index in [-0.39, 0.29) is 18.2 Å². The molecular formula is C12H21NO4. The lowest BCUT2D eigenvalue weighted by atomic mass is 10.2. The fourth-order valence-corrected chi connectivity index (χ4v) is 2.02. The quantitative estimate of drug-likeness (QED) is 0.790. The lowest BCUT2D eigenvalue weighted by Crippen LogP contribution is -2.49. The Morgan fingerprint density at radius 3 is 2.41 bits per heavy atom. The second-order valence-electron chi connectivity index (χ2n) is 5.79. The van der Waals surface area contributed by atoms with E-state index >= 15 is 0 Å². The highest BCUT2D eigenvalue weighted by Gasteiger charge is 2.44. The Balaban J connectivity index is 2.04. The van der Waals surface area contributed by atoms with E-state index in [1.165, 1.54) is 0 Å². The molecule has 1 amide bonds. The SMILES string of the molecule is CC(C)(C)OC(=O)N(C1CC1)[C@@H]1COC[C@H]1O. The molecule has 1 heterocycles. The van der Waals surface area contributed by atoms with Crippen LogP contribution in [0.2, 0.25) is 0 Å². The average Bonchev–Trinajstić information content (AvgIpc) is 2.89. The molecule has 1 saturated carbocycles. The summed E-state index contributed by atoms with van der Waals surface area (Å²) in [5, 5.41) is 9.81. The first-order valence-corrected chi connectivity index (χ1v) is 6.15. The van der Waals surface area contributed by atoms with Gasteiger partial charge in [0.15, 0.2) is 0 Å².